The van der Waals surface area contributed by atoms with Gasteiger partial charge in [0.2, 0.25) is 5.91 Å². The van der Waals surface area contributed by atoms with Crippen LogP contribution in [0.25, 0.3) is 0 Å². The number of nitrogens with one attached hydrogen (secondary N) is 2. The van der Waals surface area contributed by atoms with Gasteiger partial charge >= 0.3 is 0 Å². The van der Waals surface area contributed by atoms with E-state index in [1.54, 1.807) is 0 Å². The van der Waals surface area contributed by atoms with Crippen LogP contribution in [-0.4, -0.2) is 38.9 Å². The standard InChI is InChI=1S/C22H24FN5O2S/c1-2-28-19(14-25-21(30)17-8-10-18(23)11-9-17)26-27-22(28)31-15-20(29)24-13-12-16-6-4-3-5-7-16/h3-11H,2,12-15H2,1H3,(H,24,29)(H,25,30). The van der Waals surface area contributed by atoms with Crippen LogP contribution < -0.4 is 10.6 Å². The van der Waals surface area contributed by atoms with Gasteiger partial charge in [-0.1, -0.05) is 42.1 Å². The van der Waals surface area contributed by atoms with Crippen LogP contribution in [0.2, 0.25) is 0 Å². The van der Waals surface area contributed by atoms with Gasteiger partial charge in [-0.05, 0) is 43.2 Å². The van der Waals surface area contributed by atoms with Gasteiger partial charge in [0.05, 0.1) is 12.3 Å². The van der Waals surface area contributed by atoms with E-state index in [0.717, 1.165) is 6.42 Å². The van der Waals surface area contributed by atoms with Crippen LogP contribution in [0.4, 0.5) is 4.39 Å². The lowest BCUT2D eigenvalue weighted by molar-refractivity contribution is -0.118. The fourth-order valence-corrected chi connectivity index (χ4v) is 3.76. The monoisotopic (exact) mass is 441 g/mol. The van der Waals surface area contributed by atoms with E-state index in [2.05, 4.69) is 20.8 Å². The molecule has 0 aliphatic rings. The highest BCUT2D eigenvalue weighted by Crippen LogP contribution is 2.17. The fraction of sp³-hybridized carbons (Fsp3) is 0.273. The number of hydrogen-bond donors (Lipinski definition) is 2. The minimum Gasteiger partial charge on any atom is -0.355 e. The van der Waals surface area contributed by atoms with E-state index >= 15 is 0 Å². The van der Waals surface area contributed by atoms with E-state index in [9.17, 15) is 14.0 Å². The minimum atomic E-state index is -0.395. The Bertz CT molecular complexity index is 1010. The number of carbonyl (C=O) groups excluding carboxylic acids is 2. The van der Waals surface area contributed by atoms with Crippen LogP contribution in [0.3, 0.4) is 0 Å². The molecule has 31 heavy (non-hydrogen) atoms. The summed E-state index contributed by atoms with van der Waals surface area (Å²) in [5, 5.41) is 14.6. The Balaban J connectivity index is 1.47. The molecule has 0 fully saturated rings. The number of thioether (sulfide) groups is 1. The van der Waals surface area contributed by atoms with Crippen molar-refractivity contribution in [3.05, 3.63) is 77.4 Å². The summed E-state index contributed by atoms with van der Waals surface area (Å²) in [7, 11) is 0. The molecule has 1 heterocycles. The Labute approximate surface area is 184 Å². The number of nitrogens with zero attached hydrogens (tertiary/aromatic N) is 3. The maximum Gasteiger partial charge on any atom is 0.251 e. The first-order chi connectivity index (χ1) is 15.1. The fourth-order valence-electron chi connectivity index (χ4n) is 2.91. The largest absolute Gasteiger partial charge is 0.355 e. The molecule has 2 amide bonds. The number of carbonyl (C=O) groups is 2. The summed E-state index contributed by atoms with van der Waals surface area (Å²) in [6, 6.07) is 15.3. The molecule has 0 radical (unpaired) electrons. The van der Waals surface area contributed by atoms with Crippen molar-refractivity contribution in [2.75, 3.05) is 12.3 Å². The van der Waals surface area contributed by atoms with Crippen LogP contribution in [-0.2, 0) is 24.3 Å². The summed E-state index contributed by atoms with van der Waals surface area (Å²) >= 11 is 1.30. The maximum atomic E-state index is 13.0. The van der Waals surface area contributed by atoms with Crippen LogP contribution >= 0.6 is 11.8 Å². The maximum absolute atomic E-state index is 13.0. The zero-order valence-electron chi connectivity index (χ0n) is 17.2. The first kappa shape index (κ1) is 22.5. The predicted molar refractivity (Wildman–Crippen MR) is 117 cm³/mol. The molecule has 0 saturated carbocycles. The van der Waals surface area contributed by atoms with Crippen molar-refractivity contribution in [2.24, 2.45) is 0 Å². The van der Waals surface area contributed by atoms with Crippen molar-refractivity contribution < 1.29 is 14.0 Å². The molecule has 0 bridgehead atoms. The smallest absolute Gasteiger partial charge is 0.251 e. The summed E-state index contributed by atoms with van der Waals surface area (Å²) in [6.07, 6.45) is 0.778. The number of aromatic nitrogens is 3. The topological polar surface area (TPSA) is 88.9 Å². The van der Waals surface area contributed by atoms with Crippen LogP contribution in [0.15, 0.2) is 59.8 Å². The summed E-state index contributed by atoms with van der Waals surface area (Å²) in [5.74, 6) is 0.0304. The third-order valence-corrected chi connectivity index (χ3v) is 5.50. The molecule has 162 valence electrons. The van der Waals surface area contributed by atoms with Crippen LogP contribution in [0.1, 0.15) is 28.7 Å². The molecule has 0 atom stereocenters. The number of rotatable bonds is 10. The van der Waals surface area contributed by atoms with Gasteiger partial charge in [-0.25, -0.2) is 4.39 Å². The molecule has 2 N–H and O–H groups in total. The molecule has 3 rings (SSSR count). The molecular weight excluding hydrogens is 417 g/mol. The molecule has 3 aromatic rings. The van der Waals surface area contributed by atoms with E-state index in [1.165, 1.54) is 41.6 Å². The normalized spacial score (nSPS) is 10.6. The molecule has 9 heteroatoms. The Kier molecular flexibility index (Phi) is 8.17. The van der Waals surface area contributed by atoms with Crippen molar-refractivity contribution in [2.45, 2.75) is 31.6 Å². The van der Waals surface area contributed by atoms with Gasteiger partial charge in [-0.2, -0.15) is 0 Å². The Morgan fingerprint density at radius 2 is 1.77 bits per heavy atom. The predicted octanol–water partition coefficient (Wildman–Crippen LogP) is 2.82. The average molecular weight is 442 g/mol. The van der Waals surface area contributed by atoms with Crippen molar-refractivity contribution in [1.29, 1.82) is 0 Å². The second kappa shape index (κ2) is 11.3. The summed E-state index contributed by atoms with van der Waals surface area (Å²) in [5.41, 5.74) is 1.54. The number of hydrogen-bond acceptors (Lipinski definition) is 5. The molecule has 0 aliphatic carbocycles. The van der Waals surface area contributed by atoms with Crippen molar-refractivity contribution >= 4 is 23.6 Å². The van der Waals surface area contributed by atoms with Crippen LogP contribution in [0, 0.1) is 5.82 Å². The molecule has 0 aliphatic heterocycles. The summed E-state index contributed by atoms with van der Waals surface area (Å²) < 4.78 is 14.8. The number of benzene rings is 2. The molecule has 7 nitrogen and oxygen atoms in total. The lowest BCUT2D eigenvalue weighted by atomic mass is 10.1. The molecule has 2 aromatic carbocycles. The van der Waals surface area contributed by atoms with Gasteiger partial charge in [0.25, 0.3) is 5.91 Å². The first-order valence-corrected chi connectivity index (χ1v) is 10.9. The molecule has 0 unspecified atom stereocenters. The third-order valence-electron chi connectivity index (χ3n) is 4.53. The molecule has 1 aromatic heterocycles. The van der Waals surface area contributed by atoms with Gasteiger partial charge in [0.1, 0.15) is 5.82 Å². The van der Waals surface area contributed by atoms with Crippen molar-refractivity contribution in [1.82, 2.24) is 25.4 Å². The average Bonchev–Trinajstić information content (AvgIpc) is 3.19. The lowest BCUT2D eigenvalue weighted by Gasteiger charge is -2.09. The zero-order valence-corrected chi connectivity index (χ0v) is 18.0. The highest BCUT2D eigenvalue weighted by atomic mass is 32.2. The van der Waals surface area contributed by atoms with E-state index in [-0.39, 0.29) is 24.1 Å². The van der Waals surface area contributed by atoms with Crippen molar-refractivity contribution in [3.63, 3.8) is 0 Å². The van der Waals surface area contributed by atoms with Crippen LogP contribution in [0.5, 0.6) is 0 Å². The van der Waals surface area contributed by atoms with Crippen molar-refractivity contribution in [3.8, 4) is 0 Å². The van der Waals surface area contributed by atoms with Gasteiger partial charge in [-0.3, -0.25) is 9.59 Å². The summed E-state index contributed by atoms with van der Waals surface area (Å²) in [6.45, 7) is 3.30. The quantitative estimate of drug-likeness (QED) is 0.473. The van der Waals surface area contributed by atoms with Gasteiger partial charge in [0.15, 0.2) is 11.0 Å². The van der Waals surface area contributed by atoms with E-state index < -0.39 is 5.82 Å². The highest BCUT2D eigenvalue weighted by Gasteiger charge is 2.14. The van der Waals surface area contributed by atoms with E-state index in [4.69, 9.17) is 0 Å². The molecular formula is C22H24FN5O2S. The second-order valence-corrected chi connectivity index (χ2v) is 7.65. The molecule has 0 spiro atoms. The Morgan fingerprint density at radius 1 is 1.03 bits per heavy atom. The number of amides is 2. The molecule has 0 saturated heterocycles. The Hall–Kier alpha value is -3.20. The zero-order chi connectivity index (χ0) is 22.1. The van der Waals surface area contributed by atoms with E-state index in [1.807, 2.05) is 41.8 Å². The lowest BCUT2D eigenvalue weighted by Crippen LogP contribution is -2.27. The first-order valence-electron chi connectivity index (χ1n) is 9.96. The van der Waals surface area contributed by atoms with Gasteiger partial charge < -0.3 is 15.2 Å². The van der Waals surface area contributed by atoms with E-state index in [0.29, 0.717) is 29.6 Å². The van der Waals surface area contributed by atoms with Gasteiger partial charge in [0, 0.05) is 18.7 Å². The third kappa shape index (κ3) is 6.65. The Morgan fingerprint density at radius 3 is 2.48 bits per heavy atom. The summed E-state index contributed by atoms with van der Waals surface area (Å²) in [4.78, 5) is 24.3. The SMILES string of the molecule is CCn1c(CNC(=O)c2ccc(F)cc2)nnc1SCC(=O)NCCc1ccccc1. The highest BCUT2D eigenvalue weighted by molar-refractivity contribution is 7.99. The van der Waals surface area contributed by atoms with Gasteiger partial charge in [-0.15, -0.1) is 10.2 Å². The number of halogens is 1. The second-order valence-electron chi connectivity index (χ2n) is 6.71. The minimum absolute atomic E-state index is 0.0715.